The van der Waals surface area contributed by atoms with E-state index in [0.29, 0.717) is 22.8 Å². The van der Waals surface area contributed by atoms with Crippen LogP contribution in [-0.4, -0.2) is 38.0 Å². The molecule has 0 unspecified atom stereocenters. The minimum atomic E-state index is 0.0228. The highest BCUT2D eigenvalue weighted by Crippen LogP contribution is 2.28. The highest BCUT2D eigenvalue weighted by Gasteiger charge is 2.09. The van der Waals surface area contributed by atoms with Crippen molar-refractivity contribution < 1.29 is 9.84 Å². The highest BCUT2D eigenvalue weighted by molar-refractivity contribution is 5.86. The van der Waals surface area contributed by atoms with Crippen molar-refractivity contribution in [2.24, 2.45) is 5.10 Å². The van der Waals surface area contributed by atoms with Crippen LogP contribution in [-0.2, 0) is 0 Å². The van der Waals surface area contributed by atoms with Gasteiger partial charge in [0.05, 0.1) is 24.4 Å². The molecular formula is C17H14N6O2. The minimum absolute atomic E-state index is 0.0228. The largest absolute Gasteiger partial charge is 0.504 e. The number of ether oxygens (including phenoxy) is 1. The fourth-order valence-electron chi connectivity index (χ4n) is 2.55. The third-order valence-corrected chi connectivity index (χ3v) is 3.76. The summed E-state index contributed by atoms with van der Waals surface area (Å²) < 4.78 is 6.92. The van der Waals surface area contributed by atoms with E-state index in [4.69, 9.17) is 4.74 Å². The molecule has 2 heterocycles. The minimum Gasteiger partial charge on any atom is -0.504 e. The average molecular weight is 334 g/mol. The van der Waals surface area contributed by atoms with E-state index >= 15 is 0 Å². The lowest BCUT2D eigenvalue weighted by atomic mass is 10.2. The molecular weight excluding hydrogens is 320 g/mol. The van der Waals surface area contributed by atoms with Gasteiger partial charge in [0.2, 0.25) is 5.65 Å². The molecule has 2 aromatic heterocycles. The van der Waals surface area contributed by atoms with E-state index in [1.165, 1.54) is 13.3 Å². The summed E-state index contributed by atoms with van der Waals surface area (Å²) in [5, 5.41) is 22.3. The number of aromatic hydroxyl groups is 1. The van der Waals surface area contributed by atoms with E-state index in [1.807, 2.05) is 28.7 Å². The van der Waals surface area contributed by atoms with Crippen LogP contribution in [0.15, 0.2) is 53.9 Å². The predicted octanol–water partition coefficient (Wildman–Crippen LogP) is 2.44. The maximum absolute atomic E-state index is 10.1. The number of hydrogen-bond acceptors (Lipinski definition) is 7. The van der Waals surface area contributed by atoms with Crippen LogP contribution in [0.2, 0.25) is 0 Å². The second kappa shape index (κ2) is 6.08. The van der Waals surface area contributed by atoms with Crippen LogP contribution in [0, 0.1) is 0 Å². The van der Waals surface area contributed by atoms with Crippen molar-refractivity contribution in [3.63, 3.8) is 0 Å². The van der Waals surface area contributed by atoms with Crippen molar-refractivity contribution in [3.05, 3.63) is 54.4 Å². The molecule has 0 saturated carbocycles. The van der Waals surface area contributed by atoms with Gasteiger partial charge in [0.15, 0.2) is 17.3 Å². The molecule has 0 radical (unpaired) electrons. The second-order valence-corrected chi connectivity index (χ2v) is 5.24. The van der Waals surface area contributed by atoms with Crippen LogP contribution >= 0.6 is 0 Å². The van der Waals surface area contributed by atoms with Gasteiger partial charge in [0, 0.05) is 5.56 Å². The number of methoxy groups -OCH3 is 1. The number of aromatic nitrogens is 4. The van der Waals surface area contributed by atoms with Crippen LogP contribution in [0.3, 0.4) is 0 Å². The lowest BCUT2D eigenvalue weighted by Gasteiger charge is -2.06. The fourth-order valence-corrected chi connectivity index (χ4v) is 2.55. The lowest BCUT2D eigenvalue weighted by molar-refractivity contribution is 0.373. The van der Waals surface area contributed by atoms with Gasteiger partial charge in [-0.2, -0.15) is 5.10 Å². The number of hydrazone groups is 1. The van der Waals surface area contributed by atoms with Gasteiger partial charge in [-0.05, 0) is 24.3 Å². The van der Waals surface area contributed by atoms with Gasteiger partial charge in [0.25, 0.3) is 0 Å². The number of phenols is 1. The van der Waals surface area contributed by atoms with Crippen molar-refractivity contribution in [2.45, 2.75) is 0 Å². The Morgan fingerprint density at radius 3 is 2.96 bits per heavy atom. The zero-order valence-electron chi connectivity index (χ0n) is 13.3. The first-order chi connectivity index (χ1) is 12.3. The summed E-state index contributed by atoms with van der Waals surface area (Å²) >= 11 is 0. The van der Waals surface area contributed by atoms with Gasteiger partial charge in [-0.3, -0.25) is 9.83 Å². The molecule has 25 heavy (non-hydrogen) atoms. The van der Waals surface area contributed by atoms with Gasteiger partial charge < -0.3 is 9.84 Å². The molecule has 4 rings (SSSR count). The van der Waals surface area contributed by atoms with Crippen LogP contribution < -0.4 is 10.2 Å². The molecule has 0 saturated heterocycles. The molecule has 0 bridgehead atoms. The Morgan fingerprint density at radius 1 is 1.20 bits per heavy atom. The van der Waals surface area contributed by atoms with Crippen LogP contribution in [0.25, 0.3) is 16.7 Å². The maximum atomic E-state index is 10.1. The molecule has 4 aromatic rings. The van der Waals surface area contributed by atoms with Crippen LogP contribution in [0.1, 0.15) is 5.56 Å². The SMILES string of the molecule is COc1cccc(C=NNc2nc3ccccc3n3cnnc23)c1O. The number of fused-ring (bicyclic) bond motifs is 3. The molecule has 0 amide bonds. The van der Waals surface area contributed by atoms with Crippen molar-refractivity contribution in [3.8, 4) is 11.5 Å². The Balaban J connectivity index is 1.70. The Kier molecular flexibility index (Phi) is 3.62. The van der Waals surface area contributed by atoms with Gasteiger partial charge >= 0.3 is 0 Å². The Hall–Kier alpha value is -3.68. The molecule has 0 aliphatic rings. The summed E-state index contributed by atoms with van der Waals surface area (Å²) in [6.07, 6.45) is 3.11. The van der Waals surface area contributed by atoms with Gasteiger partial charge in [-0.1, -0.05) is 18.2 Å². The quantitative estimate of drug-likeness (QED) is 0.439. The molecule has 0 atom stereocenters. The zero-order chi connectivity index (χ0) is 17.2. The van der Waals surface area contributed by atoms with Crippen LogP contribution in [0.4, 0.5) is 5.82 Å². The third kappa shape index (κ3) is 2.59. The average Bonchev–Trinajstić information content (AvgIpc) is 3.13. The molecule has 124 valence electrons. The van der Waals surface area contributed by atoms with Crippen molar-refractivity contribution in [1.29, 1.82) is 0 Å². The van der Waals surface area contributed by atoms with E-state index in [1.54, 1.807) is 24.5 Å². The number of phenolic OH excluding ortho intramolecular Hbond substituents is 1. The number of nitrogens with zero attached hydrogens (tertiary/aromatic N) is 5. The normalized spacial score (nSPS) is 11.4. The monoisotopic (exact) mass is 334 g/mol. The number of hydrogen-bond donors (Lipinski definition) is 2. The third-order valence-electron chi connectivity index (χ3n) is 3.76. The number of anilines is 1. The molecule has 0 aliphatic heterocycles. The summed E-state index contributed by atoms with van der Waals surface area (Å²) in [4.78, 5) is 4.53. The standard InChI is InChI=1S/C17H14N6O2/c1-25-14-8-4-5-11(15(14)24)9-18-21-16-17-22-19-10-23(17)13-7-3-2-6-12(13)20-16/h2-10,24H,1H3,(H,20,21). The number of benzene rings is 2. The number of para-hydroxylation sites is 3. The summed E-state index contributed by atoms with van der Waals surface area (Å²) in [5.41, 5.74) is 5.64. The first-order valence-corrected chi connectivity index (χ1v) is 7.51. The molecule has 0 spiro atoms. The topological polar surface area (TPSA) is 96.9 Å². The number of nitrogens with one attached hydrogen (secondary N) is 1. The van der Waals surface area contributed by atoms with E-state index in [9.17, 15) is 5.11 Å². The van der Waals surface area contributed by atoms with Crippen molar-refractivity contribution in [2.75, 3.05) is 12.5 Å². The fraction of sp³-hybridized carbons (Fsp3) is 0.0588. The molecule has 2 N–H and O–H groups in total. The predicted molar refractivity (Wildman–Crippen MR) is 94.2 cm³/mol. The van der Waals surface area contributed by atoms with Crippen molar-refractivity contribution >= 4 is 28.7 Å². The van der Waals surface area contributed by atoms with E-state index < -0.39 is 0 Å². The van der Waals surface area contributed by atoms with E-state index in [-0.39, 0.29) is 5.75 Å². The van der Waals surface area contributed by atoms with Gasteiger partial charge in [0.1, 0.15) is 6.33 Å². The molecule has 0 fully saturated rings. The first-order valence-electron chi connectivity index (χ1n) is 7.51. The summed E-state index contributed by atoms with van der Waals surface area (Å²) in [5.74, 6) is 0.872. The van der Waals surface area contributed by atoms with Gasteiger partial charge in [-0.15, -0.1) is 10.2 Å². The molecule has 8 nitrogen and oxygen atoms in total. The first kappa shape index (κ1) is 14.9. The molecule has 2 aromatic carbocycles. The lowest BCUT2D eigenvalue weighted by Crippen LogP contribution is -2.00. The Bertz CT molecular complexity index is 1090. The van der Waals surface area contributed by atoms with E-state index in [0.717, 1.165) is 11.0 Å². The summed E-state index contributed by atoms with van der Waals surface area (Å²) in [7, 11) is 1.50. The second-order valence-electron chi connectivity index (χ2n) is 5.24. The van der Waals surface area contributed by atoms with Crippen LogP contribution in [0.5, 0.6) is 11.5 Å². The molecule has 8 heteroatoms. The van der Waals surface area contributed by atoms with Crippen molar-refractivity contribution in [1.82, 2.24) is 19.6 Å². The molecule has 0 aliphatic carbocycles. The maximum Gasteiger partial charge on any atom is 0.205 e. The Morgan fingerprint density at radius 2 is 2.08 bits per heavy atom. The summed E-state index contributed by atoms with van der Waals surface area (Å²) in [6, 6.07) is 12.9. The smallest absolute Gasteiger partial charge is 0.205 e. The highest BCUT2D eigenvalue weighted by atomic mass is 16.5. The zero-order valence-corrected chi connectivity index (χ0v) is 13.3. The number of rotatable bonds is 4. The van der Waals surface area contributed by atoms with Gasteiger partial charge in [-0.25, -0.2) is 4.98 Å². The Labute approximate surface area is 142 Å². The summed E-state index contributed by atoms with van der Waals surface area (Å²) in [6.45, 7) is 0. The van der Waals surface area contributed by atoms with E-state index in [2.05, 4.69) is 25.7 Å².